The number of hydrogen-bond acceptors (Lipinski definition) is 3. The molecule has 2 saturated carbocycles. The third-order valence-corrected chi connectivity index (χ3v) is 7.68. The van der Waals surface area contributed by atoms with E-state index < -0.39 is 0 Å². The van der Waals surface area contributed by atoms with Gasteiger partial charge >= 0.3 is 0 Å². The zero-order valence-electron chi connectivity index (χ0n) is 17.9. The fourth-order valence-electron chi connectivity index (χ4n) is 5.77. The Morgan fingerprint density at radius 1 is 1.00 bits per heavy atom. The van der Waals surface area contributed by atoms with Gasteiger partial charge in [-0.15, -0.1) is 0 Å². The van der Waals surface area contributed by atoms with Crippen LogP contribution in [0.2, 0.25) is 0 Å². The number of carbonyl (C=O) groups is 1. The minimum absolute atomic E-state index is 0.167. The number of aliphatic hydroxyl groups excluding tert-OH is 1. The molecule has 5 rings (SSSR count). The van der Waals surface area contributed by atoms with Crippen LogP contribution in [0.5, 0.6) is 0 Å². The average molecular weight is 407 g/mol. The third-order valence-electron chi connectivity index (χ3n) is 7.68. The molecule has 0 bridgehead atoms. The predicted octanol–water partition coefficient (Wildman–Crippen LogP) is 3.39. The van der Waals surface area contributed by atoms with Crippen LogP contribution < -0.4 is 0 Å². The Balaban J connectivity index is 1.33. The van der Waals surface area contributed by atoms with Crippen LogP contribution in [0.4, 0.5) is 0 Å². The zero-order valence-corrected chi connectivity index (χ0v) is 17.9. The van der Waals surface area contributed by atoms with Gasteiger partial charge in [-0.25, -0.2) is 0 Å². The Kier molecular flexibility index (Phi) is 5.85. The molecule has 2 heterocycles. The van der Waals surface area contributed by atoms with Crippen molar-refractivity contribution in [1.29, 1.82) is 0 Å². The largest absolute Gasteiger partial charge is 0.395 e. The van der Waals surface area contributed by atoms with Gasteiger partial charge in [0, 0.05) is 48.5 Å². The van der Waals surface area contributed by atoms with Crippen molar-refractivity contribution in [3.05, 3.63) is 35.4 Å². The maximum Gasteiger partial charge on any atom is 0.225 e. The van der Waals surface area contributed by atoms with E-state index in [-0.39, 0.29) is 24.5 Å². The predicted molar refractivity (Wildman–Crippen MR) is 118 cm³/mol. The van der Waals surface area contributed by atoms with Crippen molar-refractivity contribution in [3.8, 4) is 11.8 Å². The number of nitrogens with zero attached hydrogens (tertiary/aromatic N) is 2. The van der Waals surface area contributed by atoms with Crippen molar-refractivity contribution in [2.24, 2.45) is 11.8 Å². The SMILES string of the molecule is O=C(C1CCCC1)N1CCCCN2[C@H](CO)[C@@H](c3ccc(C#CC4CC4)cc3)[C@H]2C1. The lowest BCUT2D eigenvalue weighted by molar-refractivity contribution is -0.140. The normalized spacial score (nSPS) is 29.9. The van der Waals surface area contributed by atoms with Crippen molar-refractivity contribution in [2.75, 3.05) is 26.2 Å². The van der Waals surface area contributed by atoms with Crippen LogP contribution >= 0.6 is 0 Å². The lowest BCUT2D eigenvalue weighted by atomic mass is 9.74. The Morgan fingerprint density at radius 2 is 1.73 bits per heavy atom. The van der Waals surface area contributed by atoms with E-state index in [1.807, 2.05) is 0 Å². The summed E-state index contributed by atoms with van der Waals surface area (Å²) in [5.74, 6) is 8.16. The molecule has 1 aromatic carbocycles. The fourth-order valence-corrected chi connectivity index (χ4v) is 5.77. The maximum absolute atomic E-state index is 13.2. The molecule has 1 amide bonds. The summed E-state index contributed by atoms with van der Waals surface area (Å²) in [6.07, 6.45) is 9.20. The van der Waals surface area contributed by atoms with Crippen LogP contribution in [0.25, 0.3) is 0 Å². The third kappa shape index (κ3) is 4.03. The minimum Gasteiger partial charge on any atom is -0.395 e. The second-order valence-electron chi connectivity index (χ2n) is 9.72. The molecule has 3 atom stereocenters. The van der Waals surface area contributed by atoms with Crippen molar-refractivity contribution in [1.82, 2.24) is 9.80 Å². The van der Waals surface area contributed by atoms with Crippen LogP contribution in [-0.2, 0) is 4.79 Å². The molecule has 0 aromatic heterocycles. The van der Waals surface area contributed by atoms with Gasteiger partial charge in [0.25, 0.3) is 0 Å². The van der Waals surface area contributed by atoms with Crippen molar-refractivity contribution in [3.63, 3.8) is 0 Å². The van der Waals surface area contributed by atoms with Gasteiger partial charge in [-0.3, -0.25) is 9.69 Å². The molecule has 4 heteroatoms. The summed E-state index contributed by atoms with van der Waals surface area (Å²) in [7, 11) is 0. The first-order valence-electron chi connectivity index (χ1n) is 12.0. The first kappa shape index (κ1) is 20.1. The topological polar surface area (TPSA) is 43.8 Å². The number of amides is 1. The smallest absolute Gasteiger partial charge is 0.225 e. The number of rotatable bonds is 3. The molecule has 0 spiro atoms. The van der Waals surface area contributed by atoms with Gasteiger partial charge in [-0.05, 0) is 62.8 Å². The van der Waals surface area contributed by atoms with E-state index in [0.29, 0.717) is 17.9 Å². The monoisotopic (exact) mass is 406 g/mol. The number of carbonyl (C=O) groups excluding carboxylic acids is 1. The van der Waals surface area contributed by atoms with Crippen molar-refractivity contribution in [2.45, 2.75) is 69.4 Å². The standard InChI is InChI=1S/C26H34N2O2/c29-18-24-25(21-13-11-20(12-14-21)10-9-19-7-8-19)23-17-27(15-3-4-16-28(23)24)26(30)22-5-1-2-6-22/h11-14,19,22-25,29H,1-8,15-18H2/t23-,24-,25+/m1/s1. The molecule has 4 fully saturated rings. The average Bonchev–Trinajstić information content (AvgIpc) is 3.42. The molecule has 160 valence electrons. The molecule has 30 heavy (non-hydrogen) atoms. The highest BCUT2D eigenvalue weighted by molar-refractivity contribution is 5.79. The Hall–Kier alpha value is -1.83. The van der Waals surface area contributed by atoms with Crippen LogP contribution in [-0.4, -0.2) is 59.1 Å². The number of aliphatic hydroxyl groups is 1. The van der Waals surface area contributed by atoms with Crippen LogP contribution in [0.15, 0.2) is 24.3 Å². The van der Waals surface area contributed by atoms with Crippen LogP contribution in [0.1, 0.15) is 68.4 Å². The molecule has 2 aliphatic heterocycles. The lowest BCUT2D eigenvalue weighted by Gasteiger charge is -2.57. The van der Waals surface area contributed by atoms with Crippen LogP contribution in [0.3, 0.4) is 0 Å². The molecule has 1 aromatic rings. The summed E-state index contributed by atoms with van der Waals surface area (Å²) in [4.78, 5) is 17.8. The maximum atomic E-state index is 13.2. The van der Waals surface area contributed by atoms with Gasteiger partial charge in [0.05, 0.1) is 6.61 Å². The summed E-state index contributed by atoms with van der Waals surface area (Å²) < 4.78 is 0. The highest BCUT2D eigenvalue weighted by Gasteiger charge is 2.49. The van der Waals surface area contributed by atoms with Gasteiger partial charge in [-0.1, -0.05) is 36.8 Å². The zero-order chi connectivity index (χ0) is 20.5. The van der Waals surface area contributed by atoms with E-state index in [1.165, 1.54) is 31.2 Å². The molecule has 4 aliphatic rings. The number of hydrogen-bond donors (Lipinski definition) is 1. The van der Waals surface area contributed by atoms with Crippen molar-refractivity contribution < 1.29 is 9.90 Å². The van der Waals surface area contributed by atoms with Gasteiger partial charge < -0.3 is 10.0 Å². The van der Waals surface area contributed by atoms with E-state index >= 15 is 0 Å². The number of benzene rings is 1. The van der Waals surface area contributed by atoms with E-state index in [2.05, 4.69) is 45.9 Å². The molecular weight excluding hydrogens is 372 g/mol. The summed E-state index contributed by atoms with van der Waals surface area (Å²) >= 11 is 0. The molecule has 1 N–H and O–H groups in total. The molecule has 0 unspecified atom stereocenters. The lowest BCUT2D eigenvalue weighted by Crippen LogP contribution is -2.68. The highest BCUT2D eigenvalue weighted by atomic mass is 16.3. The fraction of sp³-hybridized carbons (Fsp3) is 0.654. The summed E-state index contributed by atoms with van der Waals surface area (Å²) in [5, 5.41) is 10.1. The van der Waals surface area contributed by atoms with E-state index in [4.69, 9.17) is 0 Å². The Labute approximate surface area is 180 Å². The Morgan fingerprint density at radius 3 is 2.43 bits per heavy atom. The van der Waals surface area contributed by atoms with Gasteiger partial charge in [0.15, 0.2) is 0 Å². The second kappa shape index (κ2) is 8.73. The van der Waals surface area contributed by atoms with E-state index in [9.17, 15) is 9.90 Å². The summed E-state index contributed by atoms with van der Waals surface area (Å²) in [6.45, 7) is 2.91. The molecular formula is C26H34N2O2. The first-order valence-corrected chi connectivity index (χ1v) is 12.0. The quantitative estimate of drug-likeness (QED) is 0.783. The second-order valence-corrected chi connectivity index (χ2v) is 9.72. The molecule has 2 aliphatic carbocycles. The number of fused-ring (bicyclic) bond motifs is 1. The van der Waals surface area contributed by atoms with E-state index in [1.54, 1.807) is 0 Å². The molecule has 0 radical (unpaired) electrons. The van der Waals surface area contributed by atoms with Gasteiger partial charge in [0.2, 0.25) is 5.91 Å². The van der Waals surface area contributed by atoms with Crippen molar-refractivity contribution >= 4 is 5.91 Å². The summed E-state index contributed by atoms with van der Waals surface area (Å²) in [5.41, 5.74) is 2.36. The molecule has 2 saturated heterocycles. The Bertz CT molecular complexity index is 814. The minimum atomic E-state index is 0.167. The van der Waals surface area contributed by atoms with Gasteiger partial charge in [-0.2, -0.15) is 0 Å². The van der Waals surface area contributed by atoms with Gasteiger partial charge in [0.1, 0.15) is 0 Å². The summed E-state index contributed by atoms with van der Waals surface area (Å²) in [6, 6.07) is 9.14. The molecule has 4 nitrogen and oxygen atoms in total. The van der Waals surface area contributed by atoms with E-state index in [0.717, 1.165) is 50.9 Å². The first-order chi connectivity index (χ1) is 14.7. The van der Waals surface area contributed by atoms with Crippen LogP contribution in [0, 0.1) is 23.7 Å². The highest BCUT2D eigenvalue weighted by Crippen LogP contribution is 2.42.